The molecule has 0 aromatic heterocycles. The molecule has 0 heterocycles. The standard InChI is InChI=1S/C49H100O23/c1-5-8-11-44(71-35-48(69-25-42(59)17-54)33-62-21-38(13-50)10-7-3)27-65-31-46(67-20-37(4)19-61-29-47(68-24-41(58)16-53)30-63-22-39(56)14-51)32-66-28-45(12-9-6-2)72-36-49(70-26-43(60)18-55)34-64-23-40(57)15-52/h37-60H,5-36H2,1-4H3. The predicted molar refractivity (Wildman–Crippen MR) is 263 cm³/mol. The molecular formula is C49H100O23. The normalized spacial score (nSPS) is 17.7. The van der Waals surface area contributed by atoms with Crippen LogP contribution in [-0.4, -0.2) is 282 Å². The van der Waals surface area contributed by atoms with Crippen LogP contribution in [-0.2, 0) is 56.8 Å². The van der Waals surface area contributed by atoms with Gasteiger partial charge in [-0.2, -0.15) is 0 Å². The summed E-state index contributed by atoms with van der Waals surface area (Å²) in [5.41, 5.74) is 0. The third-order valence-corrected chi connectivity index (χ3v) is 10.8. The predicted octanol–water partition coefficient (Wildman–Crippen LogP) is -1.41. The summed E-state index contributed by atoms with van der Waals surface area (Å²) in [6.45, 7) is 6.90. The molecule has 0 aromatic carbocycles. The highest BCUT2D eigenvalue weighted by Crippen LogP contribution is 2.14. The fourth-order valence-electron chi connectivity index (χ4n) is 6.45. The zero-order valence-electron chi connectivity index (χ0n) is 44.0. The van der Waals surface area contributed by atoms with Gasteiger partial charge in [-0.05, 0) is 19.3 Å². The monoisotopic (exact) mass is 1060 g/mol. The molecule has 0 spiro atoms. The second-order valence-electron chi connectivity index (χ2n) is 18.4. The third kappa shape index (κ3) is 41.3. The molecule has 0 saturated carbocycles. The van der Waals surface area contributed by atoms with Crippen LogP contribution >= 0.6 is 0 Å². The van der Waals surface area contributed by atoms with Crippen molar-refractivity contribution in [3.63, 3.8) is 0 Å². The summed E-state index contributed by atoms with van der Waals surface area (Å²) in [7, 11) is 0. The Labute approximate surface area is 428 Å². The van der Waals surface area contributed by atoms with Crippen molar-refractivity contribution in [2.45, 2.75) is 146 Å². The second kappa shape index (κ2) is 49.6. The average Bonchev–Trinajstić information content (AvgIpc) is 3.39. The molecule has 0 radical (unpaired) electrons. The van der Waals surface area contributed by atoms with E-state index in [0.29, 0.717) is 19.4 Å². The minimum Gasteiger partial charge on any atom is -0.396 e. The zero-order valence-corrected chi connectivity index (χ0v) is 44.0. The van der Waals surface area contributed by atoms with Gasteiger partial charge in [-0.15, -0.1) is 0 Å². The lowest BCUT2D eigenvalue weighted by atomic mass is 10.1. The summed E-state index contributed by atoms with van der Waals surface area (Å²) in [5.74, 6) is -0.143. The maximum atomic E-state index is 9.98. The third-order valence-electron chi connectivity index (χ3n) is 10.8. The topological polar surface area (TPSA) is 333 Å². The molecule has 434 valence electrons. The number of rotatable bonds is 56. The molecule has 0 amide bonds. The highest BCUT2D eigenvalue weighted by Gasteiger charge is 2.23. The molecule has 0 aliphatic heterocycles. The van der Waals surface area contributed by atoms with Crippen molar-refractivity contribution < 1.29 is 113 Å². The van der Waals surface area contributed by atoms with Gasteiger partial charge < -0.3 is 113 Å². The molecule has 13 unspecified atom stereocenters. The zero-order chi connectivity index (χ0) is 53.6. The van der Waals surface area contributed by atoms with Crippen LogP contribution in [0.5, 0.6) is 0 Å². The van der Waals surface area contributed by atoms with E-state index in [1.165, 1.54) is 0 Å². The van der Waals surface area contributed by atoms with Crippen molar-refractivity contribution in [1.82, 2.24) is 0 Å². The van der Waals surface area contributed by atoms with Gasteiger partial charge >= 0.3 is 0 Å². The molecule has 0 aliphatic rings. The summed E-state index contributed by atoms with van der Waals surface area (Å²) >= 11 is 0. The maximum absolute atomic E-state index is 9.98. The Hall–Kier alpha value is -0.920. The van der Waals surface area contributed by atoms with Gasteiger partial charge in [-0.3, -0.25) is 0 Å². The molecule has 0 fully saturated rings. The Bertz CT molecular complexity index is 1120. The van der Waals surface area contributed by atoms with E-state index < -0.39 is 88.0 Å². The van der Waals surface area contributed by atoms with Crippen molar-refractivity contribution in [3.8, 4) is 0 Å². The van der Waals surface area contributed by atoms with Gasteiger partial charge in [0.2, 0.25) is 0 Å². The number of ether oxygens (including phenoxy) is 12. The summed E-state index contributed by atoms with van der Waals surface area (Å²) < 4.78 is 71.6. The molecule has 13 atom stereocenters. The van der Waals surface area contributed by atoms with Crippen LogP contribution in [0, 0.1) is 11.8 Å². The van der Waals surface area contributed by atoms with Gasteiger partial charge in [-0.25, -0.2) is 0 Å². The summed E-state index contributed by atoms with van der Waals surface area (Å²) in [4.78, 5) is 0. The molecule has 23 nitrogen and oxygen atoms in total. The van der Waals surface area contributed by atoms with Crippen LogP contribution in [0.4, 0.5) is 0 Å². The fraction of sp³-hybridized carbons (Fsp3) is 1.00. The quantitative estimate of drug-likeness (QED) is 0.0333. The lowest BCUT2D eigenvalue weighted by molar-refractivity contribution is -0.131. The van der Waals surface area contributed by atoms with Crippen molar-refractivity contribution in [3.05, 3.63) is 0 Å². The Balaban J connectivity index is 5.98. The minimum absolute atomic E-state index is 0.00155. The number of aliphatic hydroxyl groups is 11. The van der Waals surface area contributed by atoms with Crippen LogP contribution in [0.15, 0.2) is 0 Å². The summed E-state index contributed by atoms with van der Waals surface area (Å²) in [5, 5.41) is 105. The van der Waals surface area contributed by atoms with Crippen molar-refractivity contribution in [2.24, 2.45) is 11.8 Å². The summed E-state index contributed by atoms with van der Waals surface area (Å²) in [6, 6.07) is 0. The first-order chi connectivity index (χ1) is 34.8. The molecule has 0 rings (SSSR count). The lowest BCUT2D eigenvalue weighted by Gasteiger charge is -2.26. The Morgan fingerprint density at radius 1 is 0.278 bits per heavy atom. The van der Waals surface area contributed by atoms with Crippen molar-refractivity contribution in [1.29, 1.82) is 0 Å². The van der Waals surface area contributed by atoms with E-state index in [4.69, 9.17) is 61.9 Å². The number of hydrogen-bond donors (Lipinski definition) is 11. The second-order valence-corrected chi connectivity index (χ2v) is 18.4. The Morgan fingerprint density at radius 3 is 0.917 bits per heavy atom. The number of aliphatic hydroxyl groups excluding tert-OH is 11. The van der Waals surface area contributed by atoms with Crippen LogP contribution < -0.4 is 0 Å². The van der Waals surface area contributed by atoms with E-state index in [-0.39, 0.29) is 143 Å². The van der Waals surface area contributed by atoms with Gasteiger partial charge in [0.25, 0.3) is 0 Å². The van der Waals surface area contributed by atoms with Crippen molar-refractivity contribution >= 4 is 0 Å². The number of unbranched alkanes of at least 4 members (excludes halogenated alkanes) is 2. The highest BCUT2D eigenvalue weighted by atomic mass is 16.6. The summed E-state index contributed by atoms with van der Waals surface area (Å²) in [6.07, 6.45) is -1.95. The SMILES string of the molecule is CCCCC(COCC(COCC(CCCC)OCC(COCC(CO)CCC)OCC(O)CO)OCC(C)COCC(COCC(O)CO)OCC(O)CO)OCC(COCC(O)CO)OCC(O)CO. The van der Waals surface area contributed by atoms with Crippen LogP contribution in [0.1, 0.15) is 79.1 Å². The highest BCUT2D eigenvalue weighted by molar-refractivity contribution is 4.69. The van der Waals surface area contributed by atoms with Crippen LogP contribution in [0.25, 0.3) is 0 Å². The molecule has 0 aromatic rings. The molecule has 23 heteroatoms. The number of hydrogen-bond acceptors (Lipinski definition) is 23. The van der Waals surface area contributed by atoms with E-state index in [0.717, 1.165) is 38.5 Å². The van der Waals surface area contributed by atoms with E-state index in [2.05, 4.69) is 13.8 Å². The van der Waals surface area contributed by atoms with Crippen molar-refractivity contribution in [2.75, 3.05) is 159 Å². The van der Waals surface area contributed by atoms with Gasteiger partial charge in [-0.1, -0.05) is 59.8 Å². The molecule has 11 N–H and O–H groups in total. The Morgan fingerprint density at radius 2 is 0.569 bits per heavy atom. The van der Waals surface area contributed by atoms with Gasteiger partial charge in [0.15, 0.2) is 0 Å². The van der Waals surface area contributed by atoms with Gasteiger partial charge in [0, 0.05) is 18.4 Å². The first-order valence-corrected chi connectivity index (χ1v) is 26.0. The smallest absolute Gasteiger partial charge is 0.104 e. The minimum atomic E-state index is -1.11. The molecular weight excluding hydrogens is 957 g/mol. The van der Waals surface area contributed by atoms with Crippen LogP contribution in [0.2, 0.25) is 0 Å². The largest absolute Gasteiger partial charge is 0.396 e. The lowest BCUT2D eigenvalue weighted by Crippen LogP contribution is -2.36. The maximum Gasteiger partial charge on any atom is 0.104 e. The molecule has 0 aliphatic carbocycles. The first kappa shape index (κ1) is 71.1. The van der Waals surface area contributed by atoms with E-state index in [1.807, 2.05) is 13.8 Å². The van der Waals surface area contributed by atoms with E-state index in [9.17, 15) is 51.1 Å². The van der Waals surface area contributed by atoms with E-state index >= 15 is 0 Å². The fourth-order valence-corrected chi connectivity index (χ4v) is 6.45. The average molecular weight is 1060 g/mol. The van der Waals surface area contributed by atoms with Gasteiger partial charge in [0.1, 0.15) is 54.9 Å². The Kier molecular flexibility index (Phi) is 49.0. The molecule has 72 heavy (non-hydrogen) atoms. The van der Waals surface area contributed by atoms with Crippen LogP contribution in [0.3, 0.4) is 0 Å². The van der Waals surface area contributed by atoms with E-state index in [1.54, 1.807) is 0 Å². The molecule has 0 bridgehead atoms. The molecule has 0 saturated heterocycles. The van der Waals surface area contributed by atoms with Gasteiger partial charge in [0.05, 0.1) is 164 Å². The first-order valence-electron chi connectivity index (χ1n) is 26.0.